The van der Waals surface area contributed by atoms with E-state index in [2.05, 4.69) is 43.5 Å². The third-order valence-electron chi connectivity index (χ3n) is 2.98. The van der Waals surface area contributed by atoms with Crippen LogP contribution in [0.3, 0.4) is 0 Å². The van der Waals surface area contributed by atoms with E-state index in [4.69, 9.17) is 5.41 Å². The molecule has 6 heteroatoms. The maximum atomic E-state index is 11.4. The number of amidine groups is 1. The van der Waals surface area contributed by atoms with Crippen LogP contribution in [0.4, 0.5) is 0 Å². The molecule has 0 bridgehead atoms. The van der Waals surface area contributed by atoms with Crippen molar-refractivity contribution in [1.29, 1.82) is 5.41 Å². The summed E-state index contributed by atoms with van der Waals surface area (Å²) >= 11 is 0. The van der Waals surface area contributed by atoms with Crippen molar-refractivity contribution in [2.24, 2.45) is 0 Å². The van der Waals surface area contributed by atoms with Crippen LogP contribution in [0.5, 0.6) is 0 Å². The smallest absolute Gasteiger partial charge is 0.336 e. The average molecular weight is 309 g/mol. The highest BCUT2D eigenvalue weighted by atomic mass is 28.4. The van der Waals surface area contributed by atoms with Crippen molar-refractivity contribution in [2.75, 3.05) is 0 Å². The van der Waals surface area contributed by atoms with E-state index >= 15 is 0 Å². The molecule has 4 nitrogen and oxygen atoms in total. The van der Waals surface area contributed by atoms with Gasteiger partial charge in [-0.25, -0.2) is 4.79 Å². The van der Waals surface area contributed by atoms with Crippen molar-refractivity contribution in [1.82, 2.24) is 4.23 Å². The van der Waals surface area contributed by atoms with Crippen LogP contribution >= 0.6 is 0 Å². The molecule has 0 fully saturated rings. The number of carbonyl (C=O) groups is 1. The average Bonchev–Trinajstić information content (AvgIpc) is 2.24. The molecule has 0 amide bonds. The van der Waals surface area contributed by atoms with Gasteiger partial charge in [0.15, 0.2) is 0 Å². The zero-order valence-electron chi connectivity index (χ0n) is 13.1. The number of carboxylic acids is 1. The van der Waals surface area contributed by atoms with Crippen LogP contribution in [0.2, 0.25) is 39.3 Å². The van der Waals surface area contributed by atoms with E-state index < -0.39 is 22.4 Å². The summed E-state index contributed by atoms with van der Waals surface area (Å²) < 4.78 is 2.22. The van der Waals surface area contributed by atoms with Gasteiger partial charge in [-0.15, -0.1) is 0 Å². The Morgan fingerprint density at radius 1 is 1.00 bits per heavy atom. The molecule has 20 heavy (non-hydrogen) atoms. The second-order valence-corrected chi connectivity index (χ2v) is 16.9. The highest BCUT2D eigenvalue weighted by Crippen LogP contribution is 2.24. The third kappa shape index (κ3) is 3.58. The van der Waals surface area contributed by atoms with E-state index in [0.29, 0.717) is 11.4 Å². The topological polar surface area (TPSA) is 64.4 Å². The van der Waals surface area contributed by atoms with Gasteiger partial charge >= 0.3 is 5.97 Å². The summed E-state index contributed by atoms with van der Waals surface area (Å²) in [5.74, 6) is -0.613. The predicted molar refractivity (Wildman–Crippen MR) is 88.8 cm³/mol. The normalized spacial score (nSPS) is 12.1. The molecular weight excluding hydrogens is 284 g/mol. The minimum Gasteiger partial charge on any atom is -0.478 e. The van der Waals surface area contributed by atoms with Crippen LogP contribution in [0.25, 0.3) is 0 Å². The van der Waals surface area contributed by atoms with Crippen molar-refractivity contribution < 1.29 is 9.90 Å². The Bertz CT molecular complexity index is 517. The van der Waals surface area contributed by atoms with Crippen molar-refractivity contribution in [3.8, 4) is 0 Å². The van der Waals surface area contributed by atoms with E-state index in [9.17, 15) is 9.90 Å². The van der Waals surface area contributed by atoms with Crippen molar-refractivity contribution >= 4 is 28.3 Å². The first-order valence-electron chi connectivity index (χ1n) is 6.68. The molecule has 0 aliphatic heterocycles. The molecule has 1 aromatic carbocycles. The summed E-state index contributed by atoms with van der Waals surface area (Å²) in [6.07, 6.45) is 0. The van der Waals surface area contributed by atoms with E-state index in [1.54, 1.807) is 24.3 Å². The van der Waals surface area contributed by atoms with Gasteiger partial charge in [-0.05, 0) is 6.07 Å². The number of benzene rings is 1. The Morgan fingerprint density at radius 2 is 1.40 bits per heavy atom. The minimum absolute atomic E-state index is 0.207. The first kappa shape index (κ1) is 16.6. The highest BCUT2D eigenvalue weighted by Gasteiger charge is 2.37. The van der Waals surface area contributed by atoms with Gasteiger partial charge in [-0.1, -0.05) is 57.5 Å². The number of carboxylic acid groups (broad SMARTS) is 1. The van der Waals surface area contributed by atoms with Crippen molar-refractivity contribution in [3.63, 3.8) is 0 Å². The molecule has 0 saturated heterocycles. The van der Waals surface area contributed by atoms with Crippen molar-refractivity contribution in [2.45, 2.75) is 39.3 Å². The first-order chi connectivity index (χ1) is 8.96. The third-order valence-corrected chi connectivity index (χ3v) is 10.1. The molecule has 0 aromatic heterocycles. The lowest BCUT2D eigenvalue weighted by Gasteiger charge is -2.46. The number of hydrogen-bond donors (Lipinski definition) is 2. The fourth-order valence-electron chi connectivity index (χ4n) is 2.67. The largest absolute Gasteiger partial charge is 0.478 e. The number of nitrogens with zero attached hydrogens (tertiary/aromatic N) is 1. The minimum atomic E-state index is -1.75. The predicted octanol–water partition coefficient (Wildman–Crippen LogP) is 3.68. The molecule has 0 heterocycles. The molecule has 0 aliphatic carbocycles. The molecule has 0 unspecified atom stereocenters. The van der Waals surface area contributed by atoms with Crippen LogP contribution < -0.4 is 0 Å². The molecule has 2 N–H and O–H groups in total. The van der Waals surface area contributed by atoms with Gasteiger partial charge in [0.25, 0.3) is 0 Å². The zero-order valence-corrected chi connectivity index (χ0v) is 15.1. The first-order valence-corrected chi connectivity index (χ1v) is 13.6. The standard InChI is InChI=1S/C14H24N2O2Si2/c1-19(2,3)16(20(4,5)6)13(15)11-9-7-8-10-12(11)14(17)18/h7-10,15H,1-6H3,(H,17,18). The Hall–Kier alpha value is -1.41. The number of hydrogen-bond acceptors (Lipinski definition) is 2. The van der Waals surface area contributed by atoms with Gasteiger partial charge in [0.05, 0.1) is 5.56 Å². The summed E-state index contributed by atoms with van der Waals surface area (Å²) in [5.41, 5.74) is 0.726. The van der Waals surface area contributed by atoms with E-state index in [1.807, 2.05) is 0 Å². The van der Waals surface area contributed by atoms with Gasteiger partial charge in [-0.2, -0.15) is 0 Å². The quantitative estimate of drug-likeness (QED) is 0.506. The fraction of sp³-hybridized carbons (Fsp3) is 0.429. The molecular formula is C14H24N2O2Si2. The van der Waals surface area contributed by atoms with Crippen molar-refractivity contribution in [3.05, 3.63) is 35.4 Å². The lowest BCUT2D eigenvalue weighted by Crippen LogP contribution is -2.61. The Morgan fingerprint density at radius 3 is 1.75 bits per heavy atom. The second kappa shape index (κ2) is 5.53. The summed E-state index contributed by atoms with van der Waals surface area (Å²) in [5, 5.41) is 17.9. The SMILES string of the molecule is C[Si](C)(C)N(C(=N)c1ccccc1C(=O)O)[Si](C)(C)C. The molecule has 110 valence electrons. The van der Waals surface area contributed by atoms with Gasteiger partial charge in [0.2, 0.25) is 0 Å². The summed E-state index contributed by atoms with van der Waals surface area (Å²) in [7, 11) is -3.50. The van der Waals surface area contributed by atoms with E-state index in [0.717, 1.165) is 0 Å². The molecule has 1 rings (SSSR count). The fourth-order valence-corrected chi connectivity index (χ4v) is 12.3. The summed E-state index contributed by atoms with van der Waals surface area (Å²) in [6, 6.07) is 6.80. The summed E-state index contributed by atoms with van der Waals surface area (Å²) in [4.78, 5) is 11.4. The zero-order chi connectivity index (χ0) is 15.7. The van der Waals surface area contributed by atoms with Crippen LogP contribution in [0.15, 0.2) is 24.3 Å². The van der Waals surface area contributed by atoms with Crippen LogP contribution in [0.1, 0.15) is 15.9 Å². The molecule has 0 atom stereocenters. The lowest BCUT2D eigenvalue weighted by atomic mass is 10.1. The van der Waals surface area contributed by atoms with Gasteiger partial charge < -0.3 is 9.34 Å². The highest BCUT2D eigenvalue weighted by molar-refractivity contribution is 6.92. The monoisotopic (exact) mass is 308 g/mol. The number of rotatable bonds is 4. The maximum Gasteiger partial charge on any atom is 0.336 e. The molecule has 1 aromatic rings. The van der Waals surface area contributed by atoms with Crippen LogP contribution in [0, 0.1) is 5.41 Å². The van der Waals surface area contributed by atoms with Crippen LogP contribution in [-0.2, 0) is 0 Å². The van der Waals surface area contributed by atoms with Crippen LogP contribution in [-0.4, -0.2) is 37.6 Å². The van der Waals surface area contributed by atoms with Gasteiger partial charge in [0, 0.05) is 5.56 Å². The molecule has 0 spiro atoms. The lowest BCUT2D eigenvalue weighted by molar-refractivity contribution is 0.0696. The number of nitrogens with one attached hydrogen (secondary N) is 1. The molecule has 0 saturated carbocycles. The van der Waals surface area contributed by atoms with Gasteiger partial charge in [-0.3, -0.25) is 5.41 Å². The Kier molecular flexibility index (Phi) is 4.60. The molecule has 0 radical (unpaired) electrons. The summed E-state index contributed by atoms with van der Waals surface area (Å²) in [6.45, 7) is 13.2. The number of aromatic carboxylic acids is 1. The van der Waals surface area contributed by atoms with E-state index in [1.165, 1.54) is 0 Å². The molecule has 0 aliphatic rings. The van der Waals surface area contributed by atoms with Gasteiger partial charge in [0.1, 0.15) is 22.3 Å². The van der Waals surface area contributed by atoms with E-state index in [-0.39, 0.29) is 5.56 Å². The maximum absolute atomic E-state index is 11.4. The Labute approximate surface area is 123 Å². The second-order valence-electron chi connectivity index (χ2n) is 6.88. The Balaban J connectivity index is 3.39.